The number of furan rings is 1. The molecule has 0 aliphatic carbocycles. The molecule has 0 saturated carbocycles. The Labute approximate surface area is 170 Å². The summed E-state index contributed by atoms with van der Waals surface area (Å²) < 4.78 is 33.3. The van der Waals surface area contributed by atoms with Crippen LogP contribution in [0.2, 0.25) is 0 Å². The molecule has 0 fully saturated rings. The zero-order valence-electron chi connectivity index (χ0n) is 15.4. The fraction of sp³-hybridized carbons (Fsp3) is 0.100. The number of aryl methyl sites for hydroxylation is 1. The molecular weight excluding hydrogens is 410 g/mol. The summed E-state index contributed by atoms with van der Waals surface area (Å²) in [5, 5.41) is 4.17. The Hall–Kier alpha value is -3.17. The van der Waals surface area contributed by atoms with E-state index >= 15 is 0 Å². The number of thiazole rings is 1. The fourth-order valence-electron chi connectivity index (χ4n) is 2.90. The molecule has 0 saturated heterocycles. The molecule has 29 heavy (non-hydrogen) atoms. The summed E-state index contributed by atoms with van der Waals surface area (Å²) >= 11 is 1.43. The van der Waals surface area contributed by atoms with Crippen LogP contribution in [0, 0.1) is 0 Å². The molecule has 0 aliphatic heterocycles. The summed E-state index contributed by atoms with van der Waals surface area (Å²) in [5.41, 5.74) is 3.73. The van der Waals surface area contributed by atoms with Crippen LogP contribution in [0.25, 0.3) is 10.2 Å². The predicted molar refractivity (Wildman–Crippen MR) is 110 cm³/mol. The van der Waals surface area contributed by atoms with Crippen LogP contribution >= 0.6 is 11.3 Å². The van der Waals surface area contributed by atoms with Crippen molar-refractivity contribution in [1.82, 2.24) is 9.99 Å². The third-order valence-corrected chi connectivity index (χ3v) is 7.16. The molecule has 2 heterocycles. The lowest BCUT2D eigenvalue weighted by atomic mass is 10.3. The van der Waals surface area contributed by atoms with Crippen LogP contribution in [0.3, 0.4) is 0 Å². The quantitative estimate of drug-likeness (QED) is 0.496. The minimum absolute atomic E-state index is 0.0722. The Morgan fingerprint density at radius 1 is 1.10 bits per heavy atom. The number of amides is 1. The topological polar surface area (TPSA) is 93.7 Å². The number of nitrogens with one attached hydrogen (secondary N) is 1. The predicted octanol–water partition coefficient (Wildman–Crippen LogP) is 3.05. The van der Waals surface area contributed by atoms with Gasteiger partial charge in [-0.1, -0.05) is 41.7 Å². The summed E-state index contributed by atoms with van der Waals surface area (Å²) in [6.07, 6.45) is 1.30. The fourth-order valence-corrected chi connectivity index (χ4v) is 5.26. The van der Waals surface area contributed by atoms with Crippen LogP contribution in [-0.2, 0) is 22.6 Å². The largest absolute Gasteiger partial charge is 0.459 e. The van der Waals surface area contributed by atoms with Crippen molar-refractivity contribution in [2.45, 2.75) is 10.6 Å². The maximum atomic E-state index is 12.6. The van der Waals surface area contributed by atoms with Crippen LogP contribution in [0.5, 0.6) is 0 Å². The van der Waals surface area contributed by atoms with Crippen molar-refractivity contribution in [2.75, 3.05) is 0 Å². The molecule has 2 aromatic heterocycles. The second-order valence-corrected chi connectivity index (χ2v) is 9.31. The summed E-state index contributed by atoms with van der Waals surface area (Å²) in [4.78, 5) is 13.3. The number of aromatic nitrogens is 1. The van der Waals surface area contributed by atoms with E-state index in [0.717, 1.165) is 10.2 Å². The van der Waals surface area contributed by atoms with E-state index in [1.165, 1.54) is 35.8 Å². The van der Waals surface area contributed by atoms with Crippen molar-refractivity contribution in [3.63, 3.8) is 0 Å². The van der Waals surface area contributed by atoms with Gasteiger partial charge in [-0.15, -0.1) is 5.10 Å². The monoisotopic (exact) mass is 427 g/mol. The normalized spacial score (nSPS) is 12.4. The van der Waals surface area contributed by atoms with Gasteiger partial charge in [0.05, 0.1) is 27.1 Å². The molecule has 148 valence electrons. The molecule has 4 rings (SSSR count). The highest BCUT2D eigenvalue weighted by molar-refractivity contribution is 7.90. The third-order valence-electron chi connectivity index (χ3n) is 4.37. The smallest absolute Gasteiger partial charge is 0.307 e. The molecule has 7 nitrogen and oxygen atoms in total. The number of nitrogens with zero attached hydrogens (tertiary/aromatic N) is 2. The summed E-state index contributed by atoms with van der Waals surface area (Å²) in [5.74, 6) is -1.02. The van der Waals surface area contributed by atoms with E-state index in [2.05, 4.69) is 10.5 Å². The van der Waals surface area contributed by atoms with E-state index in [4.69, 9.17) is 4.42 Å². The molecular formula is C20H17N3O4S2. The first-order valence-electron chi connectivity index (χ1n) is 8.68. The second kappa shape index (κ2) is 7.69. The Balaban J connectivity index is 1.58. The van der Waals surface area contributed by atoms with Gasteiger partial charge in [-0.2, -0.15) is 0 Å². The molecule has 0 spiro atoms. The number of sulfone groups is 1. The Kier molecular flexibility index (Phi) is 5.08. The van der Waals surface area contributed by atoms with Crippen molar-refractivity contribution in [3.05, 3.63) is 83.1 Å². The minimum atomic E-state index is -3.60. The number of carbonyl (C=O) groups is 1. The number of rotatable bonds is 5. The maximum Gasteiger partial charge on any atom is 0.307 e. The lowest BCUT2D eigenvalue weighted by molar-refractivity contribution is 0.0924. The highest BCUT2D eigenvalue weighted by Crippen LogP contribution is 2.20. The van der Waals surface area contributed by atoms with E-state index in [1.54, 1.807) is 18.2 Å². The highest BCUT2D eigenvalue weighted by atomic mass is 32.2. The van der Waals surface area contributed by atoms with E-state index in [9.17, 15) is 13.2 Å². The molecule has 0 unspecified atom stereocenters. The van der Waals surface area contributed by atoms with E-state index in [-0.39, 0.29) is 22.0 Å². The highest BCUT2D eigenvalue weighted by Gasteiger charge is 2.22. The van der Waals surface area contributed by atoms with Crippen molar-refractivity contribution in [2.24, 2.45) is 12.1 Å². The van der Waals surface area contributed by atoms with Gasteiger partial charge in [0, 0.05) is 12.6 Å². The molecule has 0 aliphatic rings. The van der Waals surface area contributed by atoms with Gasteiger partial charge in [-0.3, -0.25) is 4.79 Å². The number of fused-ring (bicyclic) bond motifs is 1. The van der Waals surface area contributed by atoms with Crippen LogP contribution in [0.1, 0.15) is 16.1 Å². The Morgan fingerprint density at radius 2 is 1.83 bits per heavy atom. The van der Waals surface area contributed by atoms with Crippen LogP contribution in [0.4, 0.5) is 0 Å². The first kappa shape index (κ1) is 19.2. The third kappa shape index (κ3) is 3.87. The lowest BCUT2D eigenvalue weighted by Crippen LogP contribution is -2.24. The Bertz CT molecular complexity index is 1350. The first-order valence-corrected chi connectivity index (χ1v) is 11.2. The van der Waals surface area contributed by atoms with E-state index in [0.29, 0.717) is 4.80 Å². The number of carbonyl (C=O) groups excluding carboxylic acids is 1. The van der Waals surface area contributed by atoms with Crippen LogP contribution in [0.15, 0.2) is 81.3 Å². The van der Waals surface area contributed by atoms with Crippen molar-refractivity contribution in [1.29, 1.82) is 0 Å². The first-order chi connectivity index (χ1) is 14.0. The van der Waals surface area contributed by atoms with Gasteiger partial charge in [-0.05, 0) is 30.3 Å². The van der Waals surface area contributed by atoms with Gasteiger partial charge in [0.1, 0.15) is 0 Å². The minimum Gasteiger partial charge on any atom is -0.459 e. The van der Waals surface area contributed by atoms with Gasteiger partial charge in [-0.25, -0.2) is 13.8 Å². The zero-order valence-corrected chi connectivity index (χ0v) is 17.0. The standard InChI is InChI=1S/C20H17N3O4S2/c1-23-16-9-5-6-10-17(16)28-20(23)22-21-19(24)18-14(11-12-27-18)13-29(25,26)15-7-3-2-4-8-15/h2-12H,13H2,1H3,(H,21,24)/b22-20+. The van der Waals surface area contributed by atoms with Crippen molar-refractivity contribution >= 4 is 37.3 Å². The molecule has 1 N–H and O–H groups in total. The average Bonchev–Trinajstić information content (AvgIpc) is 3.31. The number of hydrogen-bond donors (Lipinski definition) is 1. The van der Waals surface area contributed by atoms with Gasteiger partial charge < -0.3 is 8.98 Å². The van der Waals surface area contributed by atoms with Crippen molar-refractivity contribution in [3.8, 4) is 0 Å². The number of benzene rings is 2. The van der Waals surface area contributed by atoms with Crippen LogP contribution < -0.4 is 10.2 Å². The molecule has 9 heteroatoms. The van der Waals surface area contributed by atoms with Gasteiger partial charge in [0.25, 0.3) is 0 Å². The van der Waals surface area contributed by atoms with Crippen molar-refractivity contribution < 1.29 is 17.6 Å². The zero-order chi connectivity index (χ0) is 20.4. The maximum absolute atomic E-state index is 12.6. The summed E-state index contributed by atoms with van der Waals surface area (Å²) in [6.45, 7) is 0. The van der Waals surface area contributed by atoms with Gasteiger partial charge in [0.2, 0.25) is 4.80 Å². The molecule has 4 aromatic rings. The SMILES string of the molecule is Cn1/c(=N\NC(=O)c2occc2CS(=O)(=O)c2ccccc2)sc2ccccc21. The summed E-state index contributed by atoms with van der Waals surface area (Å²) in [7, 11) is -1.75. The number of para-hydroxylation sites is 1. The molecule has 0 atom stereocenters. The second-order valence-electron chi connectivity index (χ2n) is 6.31. The number of hydrogen-bond acceptors (Lipinski definition) is 6. The molecule has 0 radical (unpaired) electrons. The molecule has 1 amide bonds. The molecule has 2 aromatic carbocycles. The average molecular weight is 428 g/mol. The van der Waals surface area contributed by atoms with Gasteiger partial charge in [0.15, 0.2) is 15.6 Å². The summed E-state index contributed by atoms with van der Waals surface area (Å²) in [6, 6.07) is 17.4. The van der Waals surface area contributed by atoms with Gasteiger partial charge >= 0.3 is 5.91 Å². The molecule has 0 bridgehead atoms. The lowest BCUT2D eigenvalue weighted by Gasteiger charge is -2.04. The Morgan fingerprint density at radius 3 is 2.59 bits per heavy atom. The van der Waals surface area contributed by atoms with E-state index in [1.807, 2.05) is 35.9 Å². The van der Waals surface area contributed by atoms with E-state index < -0.39 is 15.7 Å². The van der Waals surface area contributed by atoms with Crippen LogP contribution in [-0.4, -0.2) is 18.9 Å².